The standard InChI is InChI=1S/C18H18N4O3/c1-24-14-6-4-13(5-7-14)22-11-12(20-21-22)10-19-18(23)16-9-15(16)17-3-2-8-25-17/h2-8,11,15-16H,9-10H2,1H3,(H,19,23)/t15-,16+/m1/s1. The normalized spacial score (nSPS) is 18.8. The van der Waals surface area contributed by atoms with Crippen LogP contribution < -0.4 is 10.1 Å². The lowest BCUT2D eigenvalue weighted by Crippen LogP contribution is -2.25. The van der Waals surface area contributed by atoms with Crippen LogP contribution in [0.15, 0.2) is 53.3 Å². The molecule has 25 heavy (non-hydrogen) atoms. The molecule has 4 rings (SSSR count). The van der Waals surface area contributed by atoms with Gasteiger partial charge in [-0.2, -0.15) is 0 Å². The Labute approximate surface area is 144 Å². The molecule has 0 bridgehead atoms. The van der Waals surface area contributed by atoms with E-state index in [-0.39, 0.29) is 17.7 Å². The summed E-state index contributed by atoms with van der Waals surface area (Å²) in [5, 5.41) is 11.1. The number of hydrogen-bond acceptors (Lipinski definition) is 5. The third kappa shape index (κ3) is 3.26. The van der Waals surface area contributed by atoms with E-state index in [1.54, 1.807) is 24.3 Å². The molecule has 2 atom stereocenters. The van der Waals surface area contributed by atoms with Crippen molar-refractivity contribution in [2.75, 3.05) is 7.11 Å². The van der Waals surface area contributed by atoms with E-state index in [4.69, 9.17) is 9.15 Å². The number of hydrogen-bond donors (Lipinski definition) is 1. The molecule has 2 heterocycles. The van der Waals surface area contributed by atoms with E-state index < -0.39 is 0 Å². The molecule has 0 aliphatic heterocycles. The van der Waals surface area contributed by atoms with Crippen molar-refractivity contribution < 1.29 is 13.9 Å². The van der Waals surface area contributed by atoms with Crippen LogP contribution in [0.2, 0.25) is 0 Å². The van der Waals surface area contributed by atoms with Crippen molar-refractivity contribution in [2.24, 2.45) is 5.92 Å². The highest BCUT2D eigenvalue weighted by atomic mass is 16.5. The van der Waals surface area contributed by atoms with Gasteiger partial charge in [-0.05, 0) is 42.8 Å². The van der Waals surface area contributed by atoms with E-state index in [0.717, 1.165) is 23.6 Å². The first-order valence-electron chi connectivity index (χ1n) is 8.11. The van der Waals surface area contributed by atoms with Crippen molar-refractivity contribution in [3.8, 4) is 11.4 Å². The maximum atomic E-state index is 12.2. The molecule has 0 unspecified atom stereocenters. The van der Waals surface area contributed by atoms with Gasteiger partial charge in [-0.1, -0.05) is 5.21 Å². The van der Waals surface area contributed by atoms with Crippen LogP contribution in [0, 0.1) is 5.92 Å². The minimum absolute atomic E-state index is 0.0113. The Kier molecular flexibility index (Phi) is 3.97. The molecule has 0 saturated heterocycles. The number of nitrogens with zero attached hydrogens (tertiary/aromatic N) is 3. The maximum Gasteiger partial charge on any atom is 0.224 e. The summed E-state index contributed by atoms with van der Waals surface area (Å²) in [5.74, 6) is 1.88. The van der Waals surface area contributed by atoms with E-state index >= 15 is 0 Å². The molecule has 1 aliphatic rings. The van der Waals surface area contributed by atoms with Crippen molar-refractivity contribution >= 4 is 5.91 Å². The van der Waals surface area contributed by atoms with Crippen molar-refractivity contribution in [3.05, 3.63) is 60.3 Å². The third-order valence-corrected chi connectivity index (χ3v) is 4.36. The van der Waals surface area contributed by atoms with Gasteiger partial charge >= 0.3 is 0 Å². The number of rotatable bonds is 6. The molecule has 1 amide bonds. The second-order valence-corrected chi connectivity index (χ2v) is 6.03. The Balaban J connectivity index is 1.33. The van der Waals surface area contributed by atoms with Crippen molar-refractivity contribution in [1.82, 2.24) is 20.3 Å². The predicted molar refractivity (Wildman–Crippen MR) is 89.3 cm³/mol. The van der Waals surface area contributed by atoms with Gasteiger partial charge in [-0.15, -0.1) is 5.10 Å². The molecule has 1 fully saturated rings. The van der Waals surface area contributed by atoms with Crippen LogP contribution in [-0.4, -0.2) is 28.0 Å². The van der Waals surface area contributed by atoms with Crippen LogP contribution in [-0.2, 0) is 11.3 Å². The SMILES string of the molecule is COc1ccc(-n2cc(CNC(=O)[C@H]3C[C@H]3c3ccco3)nn2)cc1. The first-order chi connectivity index (χ1) is 12.2. The highest BCUT2D eigenvalue weighted by Gasteiger charge is 2.45. The van der Waals surface area contributed by atoms with Gasteiger partial charge in [-0.25, -0.2) is 4.68 Å². The van der Waals surface area contributed by atoms with Crippen LogP contribution in [0.3, 0.4) is 0 Å². The van der Waals surface area contributed by atoms with Crippen LogP contribution in [0.4, 0.5) is 0 Å². The fourth-order valence-corrected chi connectivity index (χ4v) is 2.85. The summed E-state index contributed by atoms with van der Waals surface area (Å²) in [7, 11) is 1.63. The quantitative estimate of drug-likeness (QED) is 0.746. The number of carbonyl (C=O) groups is 1. The van der Waals surface area contributed by atoms with E-state index in [0.29, 0.717) is 12.2 Å². The molecule has 1 aliphatic carbocycles. The van der Waals surface area contributed by atoms with Crippen molar-refractivity contribution in [1.29, 1.82) is 0 Å². The van der Waals surface area contributed by atoms with Gasteiger partial charge in [0.1, 0.15) is 17.2 Å². The summed E-state index contributed by atoms with van der Waals surface area (Å²) in [4.78, 5) is 12.2. The first kappa shape index (κ1) is 15.4. The van der Waals surface area contributed by atoms with E-state index in [1.807, 2.05) is 36.4 Å². The number of furan rings is 1. The molecule has 0 radical (unpaired) electrons. The minimum atomic E-state index is -0.0113. The Morgan fingerprint density at radius 1 is 1.36 bits per heavy atom. The number of methoxy groups -OCH3 is 1. The monoisotopic (exact) mass is 338 g/mol. The number of aromatic nitrogens is 3. The fraction of sp³-hybridized carbons (Fsp3) is 0.278. The molecule has 1 aromatic carbocycles. The molecule has 1 saturated carbocycles. The van der Waals surface area contributed by atoms with Gasteiger partial charge in [0.25, 0.3) is 0 Å². The molecule has 1 N–H and O–H groups in total. The Bertz CT molecular complexity index is 855. The molecule has 128 valence electrons. The van der Waals surface area contributed by atoms with Gasteiger partial charge < -0.3 is 14.5 Å². The second-order valence-electron chi connectivity index (χ2n) is 6.03. The van der Waals surface area contributed by atoms with Crippen molar-refractivity contribution in [3.63, 3.8) is 0 Å². The molecular weight excluding hydrogens is 320 g/mol. The lowest BCUT2D eigenvalue weighted by atomic mass is 10.2. The summed E-state index contributed by atoms with van der Waals surface area (Å²) < 4.78 is 12.2. The first-order valence-corrected chi connectivity index (χ1v) is 8.11. The Hall–Kier alpha value is -3.09. The molecule has 7 heteroatoms. The lowest BCUT2D eigenvalue weighted by Gasteiger charge is -2.02. The highest BCUT2D eigenvalue weighted by molar-refractivity contribution is 5.82. The van der Waals surface area contributed by atoms with E-state index in [2.05, 4.69) is 15.6 Å². The summed E-state index contributed by atoms with van der Waals surface area (Å²) in [6.07, 6.45) is 4.27. The van der Waals surface area contributed by atoms with Crippen LogP contribution >= 0.6 is 0 Å². The number of benzene rings is 1. The Morgan fingerprint density at radius 2 is 2.20 bits per heavy atom. The van der Waals surface area contributed by atoms with E-state index in [9.17, 15) is 4.79 Å². The van der Waals surface area contributed by atoms with Gasteiger partial charge in [0.2, 0.25) is 5.91 Å². The van der Waals surface area contributed by atoms with Gasteiger partial charge in [-0.3, -0.25) is 4.79 Å². The zero-order valence-corrected chi connectivity index (χ0v) is 13.8. The average Bonchev–Trinajstić information content (AvgIpc) is 3.06. The molecule has 7 nitrogen and oxygen atoms in total. The number of ether oxygens (including phenoxy) is 1. The van der Waals surface area contributed by atoms with Gasteiger partial charge in [0.15, 0.2) is 0 Å². The van der Waals surface area contributed by atoms with Gasteiger partial charge in [0, 0.05) is 11.8 Å². The fourth-order valence-electron chi connectivity index (χ4n) is 2.85. The largest absolute Gasteiger partial charge is 0.497 e. The average molecular weight is 338 g/mol. The topological polar surface area (TPSA) is 82.2 Å². The summed E-state index contributed by atoms with van der Waals surface area (Å²) in [5.41, 5.74) is 1.59. The molecule has 3 aromatic rings. The summed E-state index contributed by atoms with van der Waals surface area (Å²) in [6, 6.07) is 11.3. The van der Waals surface area contributed by atoms with Crippen LogP contribution in [0.5, 0.6) is 5.75 Å². The zero-order chi connectivity index (χ0) is 17.2. The molecule has 2 aromatic heterocycles. The second kappa shape index (κ2) is 6.43. The minimum Gasteiger partial charge on any atom is -0.497 e. The van der Waals surface area contributed by atoms with Crippen LogP contribution in [0.25, 0.3) is 5.69 Å². The molecule has 0 spiro atoms. The predicted octanol–water partition coefficient (Wildman–Crippen LogP) is 2.29. The summed E-state index contributed by atoms with van der Waals surface area (Å²) >= 11 is 0. The highest BCUT2D eigenvalue weighted by Crippen LogP contribution is 2.47. The van der Waals surface area contributed by atoms with Crippen LogP contribution in [0.1, 0.15) is 23.8 Å². The van der Waals surface area contributed by atoms with E-state index in [1.165, 1.54) is 0 Å². The van der Waals surface area contributed by atoms with Gasteiger partial charge in [0.05, 0.1) is 31.8 Å². The summed E-state index contributed by atoms with van der Waals surface area (Å²) in [6.45, 7) is 0.358. The smallest absolute Gasteiger partial charge is 0.224 e. The Morgan fingerprint density at radius 3 is 2.92 bits per heavy atom. The number of carbonyl (C=O) groups excluding carboxylic acids is 1. The zero-order valence-electron chi connectivity index (χ0n) is 13.8. The molecular formula is C18H18N4O3. The maximum absolute atomic E-state index is 12.2. The lowest BCUT2D eigenvalue weighted by molar-refractivity contribution is -0.122. The van der Waals surface area contributed by atoms with Crippen molar-refractivity contribution in [2.45, 2.75) is 18.9 Å². The number of nitrogens with one attached hydrogen (secondary N) is 1. The third-order valence-electron chi connectivity index (χ3n) is 4.36. The number of amides is 1.